The zero-order valence-electron chi connectivity index (χ0n) is 14.3. The van der Waals surface area contributed by atoms with Crippen molar-refractivity contribution in [1.29, 1.82) is 0 Å². The predicted octanol–water partition coefficient (Wildman–Crippen LogP) is 3.27. The average Bonchev–Trinajstić information content (AvgIpc) is 3.05. The number of hydrogen-bond donors (Lipinski definition) is 1. The molecule has 1 atom stereocenters. The van der Waals surface area contributed by atoms with Gasteiger partial charge in [-0.05, 0) is 30.4 Å². The van der Waals surface area contributed by atoms with Crippen LogP contribution in [0.3, 0.4) is 0 Å². The summed E-state index contributed by atoms with van der Waals surface area (Å²) < 4.78 is 4.91. The van der Waals surface area contributed by atoms with Crippen molar-refractivity contribution < 1.29 is 14.3 Å². The molecule has 0 saturated heterocycles. The molecule has 1 aromatic carbocycles. The molecule has 0 radical (unpaired) electrons. The van der Waals surface area contributed by atoms with E-state index in [4.69, 9.17) is 4.74 Å². The van der Waals surface area contributed by atoms with Crippen LogP contribution >= 0.6 is 0 Å². The molecule has 1 aliphatic heterocycles. The number of carbonyl (C=O) groups is 2. The van der Waals surface area contributed by atoms with Gasteiger partial charge >= 0.3 is 12.0 Å². The molecule has 2 aliphatic rings. The second-order valence-electron chi connectivity index (χ2n) is 6.80. The van der Waals surface area contributed by atoms with Crippen LogP contribution in [-0.4, -0.2) is 31.7 Å². The molecular weight excluding hydrogens is 304 g/mol. The van der Waals surface area contributed by atoms with Gasteiger partial charge in [0.25, 0.3) is 0 Å². The summed E-state index contributed by atoms with van der Waals surface area (Å²) in [4.78, 5) is 26.5. The summed E-state index contributed by atoms with van der Waals surface area (Å²) in [5.41, 5.74) is 2.12. The molecule has 5 nitrogen and oxygen atoms in total. The highest BCUT2D eigenvalue weighted by Gasteiger charge is 2.30. The number of nitrogens with zero attached hydrogens (tertiary/aromatic N) is 1. The van der Waals surface area contributed by atoms with Crippen molar-refractivity contribution in [3.8, 4) is 0 Å². The third kappa shape index (κ3) is 3.71. The zero-order chi connectivity index (χ0) is 16.9. The van der Waals surface area contributed by atoms with Crippen LogP contribution in [0.15, 0.2) is 24.3 Å². The molecule has 0 aromatic heterocycles. The molecule has 5 heteroatoms. The van der Waals surface area contributed by atoms with Gasteiger partial charge in [0.15, 0.2) is 0 Å². The zero-order valence-corrected chi connectivity index (χ0v) is 14.3. The van der Waals surface area contributed by atoms with Gasteiger partial charge < -0.3 is 10.1 Å². The first kappa shape index (κ1) is 16.8. The molecule has 130 valence electrons. The highest BCUT2D eigenvalue weighted by molar-refractivity contribution is 5.96. The smallest absolute Gasteiger partial charge is 0.328 e. The van der Waals surface area contributed by atoms with Crippen LogP contribution in [0, 0.1) is 5.92 Å². The van der Waals surface area contributed by atoms with Crippen molar-refractivity contribution in [3.63, 3.8) is 0 Å². The Balaban J connectivity index is 1.66. The average molecular weight is 330 g/mol. The SMILES string of the molecule is COC(=O)[C@H](CC1CCCCC1)NC(=O)N1CCc2ccccc21. The Labute approximate surface area is 143 Å². The number of esters is 1. The molecule has 2 amide bonds. The van der Waals surface area contributed by atoms with Gasteiger partial charge in [-0.2, -0.15) is 0 Å². The molecule has 24 heavy (non-hydrogen) atoms. The lowest BCUT2D eigenvalue weighted by Crippen LogP contribution is -2.48. The highest BCUT2D eigenvalue weighted by Crippen LogP contribution is 2.29. The van der Waals surface area contributed by atoms with E-state index in [9.17, 15) is 9.59 Å². The fourth-order valence-corrected chi connectivity index (χ4v) is 3.89. The molecule has 3 rings (SSSR count). The highest BCUT2D eigenvalue weighted by atomic mass is 16.5. The third-order valence-corrected chi connectivity index (χ3v) is 5.21. The Bertz CT molecular complexity index is 596. The van der Waals surface area contributed by atoms with E-state index in [2.05, 4.69) is 5.32 Å². The van der Waals surface area contributed by atoms with E-state index in [0.29, 0.717) is 18.9 Å². The third-order valence-electron chi connectivity index (χ3n) is 5.21. The number of hydrogen-bond acceptors (Lipinski definition) is 3. The van der Waals surface area contributed by atoms with Crippen LogP contribution in [0.4, 0.5) is 10.5 Å². The monoisotopic (exact) mass is 330 g/mol. The maximum atomic E-state index is 12.7. The lowest BCUT2D eigenvalue weighted by atomic mass is 9.85. The Morgan fingerprint density at radius 2 is 2.00 bits per heavy atom. The number of anilines is 1. The fraction of sp³-hybridized carbons (Fsp3) is 0.579. The van der Waals surface area contributed by atoms with Gasteiger partial charge in [0.2, 0.25) is 0 Å². The van der Waals surface area contributed by atoms with Crippen molar-refractivity contribution in [3.05, 3.63) is 29.8 Å². The summed E-state index contributed by atoms with van der Waals surface area (Å²) >= 11 is 0. The number of fused-ring (bicyclic) bond motifs is 1. The van der Waals surface area contributed by atoms with Gasteiger partial charge in [-0.1, -0.05) is 50.3 Å². The maximum Gasteiger partial charge on any atom is 0.328 e. The van der Waals surface area contributed by atoms with Gasteiger partial charge in [-0.3, -0.25) is 4.90 Å². The van der Waals surface area contributed by atoms with Gasteiger partial charge in [-0.25, -0.2) is 9.59 Å². The maximum absolute atomic E-state index is 12.7. The first-order valence-corrected chi connectivity index (χ1v) is 8.93. The number of amides is 2. The number of benzene rings is 1. The lowest BCUT2D eigenvalue weighted by molar-refractivity contribution is -0.143. The Morgan fingerprint density at radius 3 is 2.75 bits per heavy atom. The van der Waals surface area contributed by atoms with E-state index in [-0.39, 0.29) is 12.0 Å². The molecule has 1 saturated carbocycles. The van der Waals surface area contributed by atoms with Crippen LogP contribution < -0.4 is 10.2 Å². The minimum atomic E-state index is -0.557. The second kappa shape index (κ2) is 7.69. The Hall–Kier alpha value is -2.04. The first-order valence-electron chi connectivity index (χ1n) is 8.93. The van der Waals surface area contributed by atoms with Gasteiger partial charge in [0.05, 0.1) is 7.11 Å². The van der Waals surface area contributed by atoms with Gasteiger partial charge in [-0.15, -0.1) is 0 Å². The summed E-state index contributed by atoms with van der Waals surface area (Å²) in [5, 5.41) is 2.91. The first-order chi connectivity index (χ1) is 11.7. The summed E-state index contributed by atoms with van der Waals surface area (Å²) in [5.74, 6) is 0.149. The number of methoxy groups -OCH3 is 1. The van der Waals surface area contributed by atoms with Crippen LogP contribution in [-0.2, 0) is 16.0 Å². The van der Waals surface area contributed by atoms with Crippen molar-refractivity contribution in [2.24, 2.45) is 5.92 Å². The number of para-hydroxylation sites is 1. The quantitative estimate of drug-likeness (QED) is 0.862. The molecular formula is C19H26N2O3. The number of carbonyl (C=O) groups excluding carboxylic acids is 2. The summed E-state index contributed by atoms with van der Waals surface area (Å²) in [6.07, 6.45) is 7.50. The largest absolute Gasteiger partial charge is 0.467 e. The summed E-state index contributed by atoms with van der Waals surface area (Å²) in [6, 6.07) is 7.16. The van der Waals surface area contributed by atoms with Crippen molar-refractivity contribution >= 4 is 17.7 Å². The number of rotatable bonds is 4. The number of ether oxygens (including phenoxy) is 1. The molecule has 1 heterocycles. The van der Waals surface area contributed by atoms with E-state index in [1.165, 1.54) is 31.9 Å². The lowest BCUT2D eigenvalue weighted by Gasteiger charge is -2.27. The van der Waals surface area contributed by atoms with Gasteiger partial charge in [0.1, 0.15) is 6.04 Å². The summed E-state index contributed by atoms with van der Waals surface area (Å²) in [6.45, 7) is 0.655. The van der Waals surface area contributed by atoms with Crippen LogP contribution in [0.2, 0.25) is 0 Å². The fourth-order valence-electron chi connectivity index (χ4n) is 3.89. The van der Waals surface area contributed by atoms with E-state index in [1.54, 1.807) is 4.90 Å². The molecule has 0 bridgehead atoms. The Morgan fingerprint density at radius 1 is 1.25 bits per heavy atom. The second-order valence-corrected chi connectivity index (χ2v) is 6.80. The van der Waals surface area contributed by atoms with Crippen molar-refractivity contribution in [2.75, 3.05) is 18.6 Å². The molecule has 1 N–H and O–H groups in total. The Kier molecular flexibility index (Phi) is 5.38. The van der Waals surface area contributed by atoms with E-state index in [0.717, 1.165) is 24.9 Å². The standard InChI is InChI=1S/C19H26N2O3/c1-24-18(22)16(13-14-7-3-2-4-8-14)20-19(23)21-12-11-15-9-5-6-10-17(15)21/h5-6,9-10,14,16H,2-4,7-8,11-13H2,1H3,(H,20,23)/t16-/m0/s1. The van der Waals surface area contributed by atoms with Crippen molar-refractivity contribution in [1.82, 2.24) is 5.32 Å². The minimum absolute atomic E-state index is 0.203. The number of nitrogens with one attached hydrogen (secondary N) is 1. The van der Waals surface area contributed by atoms with E-state index < -0.39 is 6.04 Å². The topological polar surface area (TPSA) is 58.6 Å². The van der Waals surface area contributed by atoms with Crippen LogP contribution in [0.1, 0.15) is 44.1 Å². The van der Waals surface area contributed by atoms with E-state index in [1.807, 2.05) is 24.3 Å². The molecule has 0 unspecified atom stereocenters. The normalized spacial score (nSPS) is 18.8. The summed E-state index contributed by atoms with van der Waals surface area (Å²) in [7, 11) is 1.38. The van der Waals surface area contributed by atoms with Crippen LogP contribution in [0.25, 0.3) is 0 Å². The minimum Gasteiger partial charge on any atom is -0.467 e. The van der Waals surface area contributed by atoms with E-state index >= 15 is 0 Å². The predicted molar refractivity (Wildman–Crippen MR) is 93.0 cm³/mol. The van der Waals surface area contributed by atoms with Crippen molar-refractivity contribution in [2.45, 2.75) is 51.0 Å². The molecule has 0 spiro atoms. The van der Waals surface area contributed by atoms with Gasteiger partial charge in [0, 0.05) is 12.2 Å². The molecule has 1 aliphatic carbocycles. The van der Waals surface area contributed by atoms with Crippen LogP contribution in [0.5, 0.6) is 0 Å². The molecule has 1 fully saturated rings. The number of urea groups is 1. The molecule has 1 aromatic rings.